The van der Waals surface area contributed by atoms with Crippen LogP contribution in [0.3, 0.4) is 0 Å². The Morgan fingerprint density at radius 3 is 2.23 bits per heavy atom. The first-order chi connectivity index (χ1) is 10.2. The maximum Gasteiger partial charge on any atom is 0.494 e. The highest BCUT2D eigenvalue weighted by atomic mass is 16.7. The van der Waals surface area contributed by atoms with E-state index < -0.39 is 0 Å². The Balaban J connectivity index is 1.83. The van der Waals surface area contributed by atoms with Gasteiger partial charge in [0.25, 0.3) is 0 Å². The van der Waals surface area contributed by atoms with Crippen molar-refractivity contribution in [2.24, 2.45) is 5.92 Å². The Morgan fingerprint density at radius 2 is 1.68 bits per heavy atom. The van der Waals surface area contributed by atoms with Gasteiger partial charge in [-0.25, -0.2) is 0 Å². The molecule has 1 aromatic carbocycles. The van der Waals surface area contributed by atoms with Gasteiger partial charge in [-0.3, -0.25) is 0 Å². The minimum Gasteiger partial charge on any atom is -0.399 e. The van der Waals surface area contributed by atoms with Crippen molar-refractivity contribution in [3.05, 3.63) is 29.8 Å². The zero-order valence-corrected chi connectivity index (χ0v) is 14.1. The van der Waals surface area contributed by atoms with Crippen molar-refractivity contribution >= 4 is 12.6 Å². The van der Waals surface area contributed by atoms with Crippen LogP contribution < -0.4 is 5.46 Å². The lowest BCUT2D eigenvalue weighted by molar-refractivity contribution is 0.00578. The molecule has 3 rings (SSSR count). The number of nitriles is 1. The lowest BCUT2D eigenvalue weighted by Gasteiger charge is -2.42. The van der Waals surface area contributed by atoms with Crippen LogP contribution in [-0.2, 0) is 14.7 Å². The van der Waals surface area contributed by atoms with Gasteiger partial charge in [-0.05, 0) is 57.0 Å². The van der Waals surface area contributed by atoms with Gasteiger partial charge in [-0.15, -0.1) is 0 Å². The van der Waals surface area contributed by atoms with E-state index in [1.165, 1.54) is 5.56 Å². The van der Waals surface area contributed by atoms with Gasteiger partial charge in [0.05, 0.1) is 17.3 Å². The molecule has 22 heavy (non-hydrogen) atoms. The fourth-order valence-electron chi connectivity index (χ4n) is 3.39. The number of benzene rings is 1. The first kappa shape index (κ1) is 15.6. The number of rotatable bonds is 2. The lowest BCUT2D eigenvalue weighted by atomic mass is 9.59. The van der Waals surface area contributed by atoms with Gasteiger partial charge in [-0.1, -0.05) is 31.2 Å². The fourth-order valence-corrected chi connectivity index (χ4v) is 3.39. The summed E-state index contributed by atoms with van der Waals surface area (Å²) in [7, 11) is -0.319. The number of hydrogen-bond acceptors (Lipinski definition) is 3. The summed E-state index contributed by atoms with van der Waals surface area (Å²) in [4.78, 5) is 0. The van der Waals surface area contributed by atoms with Crippen LogP contribution in [0, 0.1) is 17.2 Å². The molecule has 2 aliphatic rings. The van der Waals surface area contributed by atoms with Crippen LogP contribution in [0.1, 0.15) is 53.0 Å². The van der Waals surface area contributed by atoms with Crippen LogP contribution in [0.25, 0.3) is 0 Å². The minimum atomic E-state index is -0.319. The van der Waals surface area contributed by atoms with Crippen molar-refractivity contribution < 1.29 is 9.31 Å². The molecule has 1 saturated heterocycles. The molecule has 4 heteroatoms. The van der Waals surface area contributed by atoms with E-state index in [2.05, 4.69) is 65.0 Å². The molecule has 3 nitrogen and oxygen atoms in total. The van der Waals surface area contributed by atoms with Gasteiger partial charge in [0.1, 0.15) is 0 Å². The molecular formula is C18H24BNO2. The molecule has 0 aromatic heterocycles. The Hall–Kier alpha value is -1.31. The summed E-state index contributed by atoms with van der Waals surface area (Å²) in [5, 5.41) is 9.02. The van der Waals surface area contributed by atoms with Gasteiger partial charge >= 0.3 is 7.12 Å². The summed E-state index contributed by atoms with van der Waals surface area (Å²) >= 11 is 0. The third-order valence-electron chi connectivity index (χ3n) is 5.69. The van der Waals surface area contributed by atoms with E-state index in [1.807, 2.05) is 0 Å². The van der Waals surface area contributed by atoms with E-state index >= 15 is 0 Å². The zero-order valence-electron chi connectivity index (χ0n) is 14.1. The Kier molecular flexibility index (Phi) is 3.43. The summed E-state index contributed by atoms with van der Waals surface area (Å²) in [5.41, 5.74) is 1.82. The molecule has 0 radical (unpaired) electrons. The topological polar surface area (TPSA) is 42.2 Å². The molecule has 0 atom stereocenters. The SMILES string of the molecule is CC1(C)OB(c2cccc([C@]3(C)C[C@H](C#N)C3)c2)OC1(C)C. The molecule has 0 spiro atoms. The summed E-state index contributed by atoms with van der Waals surface area (Å²) in [6.07, 6.45) is 1.88. The second-order valence-electron chi connectivity index (χ2n) is 8.01. The van der Waals surface area contributed by atoms with Crippen LogP contribution in [-0.4, -0.2) is 18.3 Å². The molecule has 116 valence electrons. The average Bonchev–Trinajstić information content (AvgIpc) is 2.64. The quantitative estimate of drug-likeness (QED) is 0.787. The van der Waals surface area contributed by atoms with Gasteiger partial charge in [0.2, 0.25) is 0 Å². The van der Waals surface area contributed by atoms with Gasteiger partial charge in [0.15, 0.2) is 0 Å². The molecule has 1 saturated carbocycles. The van der Waals surface area contributed by atoms with Crippen LogP contribution >= 0.6 is 0 Å². The normalized spacial score (nSPS) is 32.4. The second-order valence-corrected chi connectivity index (χ2v) is 8.01. The summed E-state index contributed by atoms with van der Waals surface area (Å²) in [5.74, 6) is 0.200. The molecule has 0 amide bonds. The number of hydrogen-bond donors (Lipinski definition) is 0. The van der Waals surface area contributed by atoms with Crippen molar-refractivity contribution in [2.45, 2.75) is 64.1 Å². The summed E-state index contributed by atoms with van der Waals surface area (Å²) in [6.45, 7) is 10.5. The third-order valence-corrected chi connectivity index (χ3v) is 5.69. The molecule has 1 heterocycles. The van der Waals surface area contributed by atoms with Gasteiger partial charge in [-0.2, -0.15) is 5.26 Å². The molecule has 1 aliphatic carbocycles. The van der Waals surface area contributed by atoms with Crippen molar-refractivity contribution in [1.29, 1.82) is 5.26 Å². The predicted molar refractivity (Wildman–Crippen MR) is 87.8 cm³/mol. The van der Waals surface area contributed by atoms with E-state index in [-0.39, 0.29) is 29.7 Å². The van der Waals surface area contributed by atoms with Gasteiger partial charge in [0, 0.05) is 5.92 Å². The second kappa shape index (κ2) is 4.84. The highest BCUT2D eigenvalue weighted by Crippen LogP contribution is 2.47. The fraction of sp³-hybridized carbons (Fsp3) is 0.611. The highest BCUT2D eigenvalue weighted by molar-refractivity contribution is 6.62. The van der Waals surface area contributed by atoms with Crippen molar-refractivity contribution in [2.75, 3.05) is 0 Å². The van der Waals surface area contributed by atoms with Crippen LogP contribution in [0.15, 0.2) is 24.3 Å². The van der Waals surface area contributed by atoms with E-state index in [1.54, 1.807) is 0 Å². The third kappa shape index (κ3) is 2.37. The maximum atomic E-state index is 9.02. The first-order valence-electron chi connectivity index (χ1n) is 8.03. The van der Waals surface area contributed by atoms with Crippen LogP contribution in [0.4, 0.5) is 0 Å². The lowest BCUT2D eigenvalue weighted by Crippen LogP contribution is -2.41. The monoisotopic (exact) mass is 297 g/mol. The predicted octanol–water partition coefficient (Wildman–Crippen LogP) is 3.18. The van der Waals surface area contributed by atoms with Crippen LogP contribution in [0.2, 0.25) is 0 Å². The smallest absolute Gasteiger partial charge is 0.399 e. The Morgan fingerprint density at radius 1 is 1.09 bits per heavy atom. The largest absolute Gasteiger partial charge is 0.494 e. The summed E-state index contributed by atoms with van der Waals surface area (Å²) < 4.78 is 12.3. The van der Waals surface area contributed by atoms with E-state index in [9.17, 15) is 0 Å². The highest BCUT2D eigenvalue weighted by Gasteiger charge is 2.52. The minimum absolute atomic E-state index is 0.111. The van der Waals surface area contributed by atoms with E-state index in [0.717, 1.165) is 18.3 Å². The molecule has 1 aromatic rings. The molecule has 0 unspecified atom stereocenters. The van der Waals surface area contributed by atoms with Crippen molar-refractivity contribution in [3.8, 4) is 6.07 Å². The summed E-state index contributed by atoms with van der Waals surface area (Å²) in [6, 6.07) is 10.8. The molecular weight excluding hydrogens is 273 g/mol. The van der Waals surface area contributed by atoms with Crippen molar-refractivity contribution in [1.82, 2.24) is 0 Å². The Bertz CT molecular complexity index is 610. The van der Waals surface area contributed by atoms with E-state index in [0.29, 0.717) is 0 Å². The van der Waals surface area contributed by atoms with Crippen molar-refractivity contribution in [3.63, 3.8) is 0 Å². The van der Waals surface area contributed by atoms with Crippen LogP contribution in [0.5, 0.6) is 0 Å². The average molecular weight is 297 g/mol. The standard InChI is InChI=1S/C18H24BNO2/c1-16(2)17(3,4)22-19(21-16)15-8-6-7-14(9-15)18(5)10-13(11-18)12-20/h6-9,13H,10-11H2,1-5H3/t13-,18+. The number of nitrogens with zero attached hydrogens (tertiary/aromatic N) is 1. The molecule has 1 aliphatic heterocycles. The first-order valence-corrected chi connectivity index (χ1v) is 8.03. The Labute approximate surface area is 133 Å². The molecule has 0 bridgehead atoms. The maximum absolute atomic E-state index is 9.02. The van der Waals surface area contributed by atoms with E-state index in [4.69, 9.17) is 14.6 Å². The molecule has 2 fully saturated rings. The van der Waals surface area contributed by atoms with Gasteiger partial charge < -0.3 is 9.31 Å². The molecule has 0 N–H and O–H groups in total. The zero-order chi connectivity index (χ0) is 16.2.